The minimum absolute atomic E-state index is 0.00970. The molecule has 186 valence electrons. The predicted octanol–water partition coefficient (Wildman–Crippen LogP) is 3.19. The van der Waals surface area contributed by atoms with E-state index in [2.05, 4.69) is 4.90 Å². The Morgan fingerprint density at radius 2 is 1.85 bits per heavy atom. The van der Waals surface area contributed by atoms with E-state index in [4.69, 9.17) is 42.9 Å². The van der Waals surface area contributed by atoms with Crippen molar-refractivity contribution < 1.29 is 24.5 Å². The van der Waals surface area contributed by atoms with Crippen LogP contribution in [0.1, 0.15) is 23.6 Å². The second kappa shape index (κ2) is 13.3. The molecule has 3 rings (SSSR count). The van der Waals surface area contributed by atoms with Crippen LogP contribution < -0.4 is 4.74 Å². The Kier molecular flexibility index (Phi) is 10.4. The highest BCUT2D eigenvalue weighted by molar-refractivity contribution is 6.42. The molecule has 0 aliphatic carbocycles. The van der Waals surface area contributed by atoms with E-state index in [1.807, 2.05) is 37.4 Å². The molecule has 2 N–H and O–H groups in total. The highest BCUT2D eigenvalue weighted by Gasteiger charge is 2.29. The maximum absolute atomic E-state index is 13.2. The number of rotatable bonds is 12. The van der Waals surface area contributed by atoms with E-state index >= 15 is 0 Å². The van der Waals surface area contributed by atoms with Gasteiger partial charge in [0, 0.05) is 26.7 Å². The van der Waals surface area contributed by atoms with Crippen LogP contribution >= 0.6 is 23.2 Å². The SMILES string of the molecule is CN(C(=O)Cc1ccc(Cl)c(Cl)c1)[C@H](CN1CCC(OCCO)C1)c1ccc(OCCO)cc1. The third kappa shape index (κ3) is 7.57. The van der Waals surface area contributed by atoms with Gasteiger partial charge in [0.1, 0.15) is 12.4 Å². The minimum atomic E-state index is -0.182. The number of halogens is 2. The van der Waals surface area contributed by atoms with Crippen molar-refractivity contribution in [1.82, 2.24) is 9.80 Å². The van der Waals surface area contributed by atoms with E-state index in [9.17, 15) is 4.79 Å². The molecule has 2 aromatic carbocycles. The molecule has 1 saturated heterocycles. The summed E-state index contributed by atoms with van der Waals surface area (Å²) < 4.78 is 11.2. The average molecular weight is 511 g/mol. The topological polar surface area (TPSA) is 82.5 Å². The molecule has 1 unspecified atom stereocenters. The third-order valence-corrected chi connectivity index (χ3v) is 6.67. The van der Waals surface area contributed by atoms with Crippen LogP contribution in [0.25, 0.3) is 0 Å². The van der Waals surface area contributed by atoms with Crippen LogP contribution in [0.15, 0.2) is 42.5 Å². The molecular weight excluding hydrogens is 479 g/mol. The van der Waals surface area contributed by atoms with E-state index in [1.54, 1.807) is 17.0 Å². The molecule has 34 heavy (non-hydrogen) atoms. The first-order valence-electron chi connectivity index (χ1n) is 11.4. The summed E-state index contributed by atoms with van der Waals surface area (Å²) in [5.74, 6) is 0.635. The highest BCUT2D eigenvalue weighted by Crippen LogP contribution is 2.27. The van der Waals surface area contributed by atoms with Gasteiger partial charge in [0.05, 0.1) is 48.4 Å². The fourth-order valence-corrected chi connectivity index (χ4v) is 4.41. The highest BCUT2D eigenvalue weighted by atomic mass is 35.5. The van der Waals surface area contributed by atoms with Crippen molar-refractivity contribution in [2.45, 2.75) is 25.0 Å². The van der Waals surface area contributed by atoms with Gasteiger partial charge in [0.15, 0.2) is 0 Å². The maximum Gasteiger partial charge on any atom is 0.227 e. The van der Waals surface area contributed by atoms with Gasteiger partial charge < -0.3 is 24.6 Å². The van der Waals surface area contributed by atoms with Crippen molar-refractivity contribution >= 4 is 29.1 Å². The van der Waals surface area contributed by atoms with Gasteiger partial charge >= 0.3 is 0 Å². The van der Waals surface area contributed by atoms with Gasteiger partial charge in [0.25, 0.3) is 0 Å². The van der Waals surface area contributed by atoms with Gasteiger partial charge in [-0.3, -0.25) is 9.69 Å². The number of ether oxygens (including phenoxy) is 2. The summed E-state index contributed by atoms with van der Waals surface area (Å²) in [4.78, 5) is 17.3. The number of aliphatic hydroxyl groups excluding tert-OH is 2. The summed E-state index contributed by atoms with van der Waals surface area (Å²) in [6.07, 6.45) is 1.19. The van der Waals surface area contributed by atoms with Crippen LogP contribution in [0.5, 0.6) is 5.75 Å². The largest absolute Gasteiger partial charge is 0.491 e. The Morgan fingerprint density at radius 3 is 2.53 bits per heavy atom. The second-order valence-corrected chi connectivity index (χ2v) is 9.17. The second-order valence-electron chi connectivity index (χ2n) is 8.35. The summed E-state index contributed by atoms with van der Waals surface area (Å²) >= 11 is 12.1. The van der Waals surface area contributed by atoms with Crippen LogP contribution in [0.4, 0.5) is 0 Å². The fourth-order valence-electron chi connectivity index (χ4n) is 4.09. The number of carbonyl (C=O) groups is 1. The fraction of sp³-hybridized carbons (Fsp3) is 0.480. The number of nitrogens with zero attached hydrogens (tertiary/aromatic N) is 2. The Hall–Kier alpha value is -1.87. The van der Waals surface area contributed by atoms with Gasteiger partial charge in [-0.1, -0.05) is 41.4 Å². The molecule has 1 heterocycles. The summed E-state index contributed by atoms with van der Waals surface area (Å²) in [6, 6.07) is 12.7. The zero-order valence-electron chi connectivity index (χ0n) is 19.3. The molecule has 0 bridgehead atoms. The Morgan fingerprint density at radius 1 is 1.12 bits per heavy atom. The van der Waals surface area contributed by atoms with Crippen molar-refractivity contribution in [3.05, 3.63) is 63.6 Å². The van der Waals surface area contributed by atoms with Gasteiger partial charge in [0.2, 0.25) is 5.91 Å². The molecule has 1 aliphatic rings. The lowest BCUT2D eigenvalue weighted by molar-refractivity contribution is -0.131. The Bertz CT molecular complexity index is 928. The zero-order chi connectivity index (χ0) is 24.5. The number of carbonyl (C=O) groups excluding carboxylic acids is 1. The number of hydrogen-bond acceptors (Lipinski definition) is 6. The normalized spacial score (nSPS) is 17.0. The van der Waals surface area contributed by atoms with Crippen LogP contribution in [0.3, 0.4) is 0 Å². The van der Waals surface area contributed by atoms with E-state index in [0.29, 0.717) is 28.9 Å². The monoisotopic (exact) mass is 510 g/mol. The van der Waals surface area contributed by atoms with Crippen molar-refractivity contribution in [2.75, 3.05) is 53.1 Å². The van der Waals surface area contributed by atoms with Crippen LogP contribution in [0.2, 0.25) is 10.0 Å². The van der Waals surface area contributed by atoms with E-state index in [-0.39, 0.29) is 44.3 Å². The third-order valence-electron chi connectivity index (χ3n) is 5.93. The Balaban J connectivity index is 1.74. The molecule has 0 aromatic heterocycles. The molecule has 2 aromatic rings. The molecule has 2 atom stereocenters. The van der Waals surface area contributed by atoms with Gasteiger partial charge in [-0.05, 0) is 41.8 Å². The lowest BCUT2D eigenvalue weighted by Crippen LogP contribution is -2.39. The maximum atomic E-state index is 13.2. The van der Waals surface area contributed by atoms with Crippen molar-refractivity contribution in [1.29, 1.82) is 0 Å². The molecule has 0 saturated carbocycles. The predicted molar refractivity (Wildman–Crippen MR) is 133 cm³/mol. The number of hydrogen-bond donors (Lipinski definition) is 2. The average Bonchev–Trinajstić information content (AvgIpc) is 3.29. The number of benzene rings is 2. The molecule has 0 spiro atoms. The summed E-state index contributed by atoms with van der Waals surface area (Å²) in [5.41, 5.74) is 1.79. The number of amides is 1. The molecule has 1 fully saturated rings. The van der Waals surface area contributed by atoms with E-state index in [1.165, 1.54) is 0 Å². The smallest absolute Gasteiger partial charge is 0.227 e. The van der Waals surface area contributed by atoms with E-state index in [0.717, 1.165) is 30.6 Å². The number of likely N-dealkylation sites (N-methyl/N-ethyl adjacent to an activating group) is 1. The van der Waals surface area contributed by atoms with Gasteiger partial charge in [-0.25, -0.2) is 0 Å². The quantitative estimate of drug-likeness (QED) is 0.456. The standard InChI is InChI=1S/C25H32Cl2N2O5/c1-28(25(32)15-18-2-7-22(26)23(27)14-18)24(17-29-9-8-21(16-29)34-13-11-31)19-3-5-20(6-4-19)33-12-10-30/h2-7,14,21,24,30-31H,8-13,15-17H2,1H3/t21?,24-/m1/s1. The lowest BCUT2D eigenvalue weighted by atomic mass is 10.0. The van der Waals surface area contributed by atoms with E-state index < -0.39 is 0 Å². The minimum Gasteiger partial charge on any atom is -0.491 e. The van der Waals surface area contributed by atoms with Crippen LogP contribution in [-0.2, 0) is 16.0 Å². The summed E-state index contributed by atoms with van der Waals surface area (Å²) in [6.45, 7) is 2.79. The molecule has 1 amide bonds. The summed E-state index contributed by atoms with van der Waals surface area (Å²) in [7, 11) is 1.82. The molecule has 7 nitrogen and oxygen atoms in total. The summed E-state index contributed by atoms with van der Waals surface area (Å²) in [5, 5.41) is 18.9. The number of aliphatic hydroxyl groups is 2. The van der Waals surface area contributed by atoms with Crippen LogP contribution in [0, 0.1) is 0 Å². The molecule has 1 aliphatic heterocycles. The number of likely N-dealkylation sites (tertiary alicyclic amines) is 1. The first-order chi connectivity index (χ1) is 16.4. The molecular formula is C25H32Cl2N2O5. The van der Waals surface area contributed by atoms with Gasteiger partial charge in [-0.15, -0.1) is 0 Å². The molecule has 0 radical (unpaired) electrons. The van der Waals surface area contributed by atoms with Crippen LogP contribution in [-0.4, -0.2) is 85.1 Å². The van der Waals surface area contributed by atoms with Crippen molar-refractivity contribution in [2.24, 2.45) is 0 Å². The zero-order valence-corrected chi connectivity index (χ0v) is 20.8. The first-order valence-corrected chi connectivity index (χ1v) is 12.1. The Labute approximate surface area is 210 Å². The first kappa shape index (κ1) is 26.7. The van der Waals surface area contributed by atoms with Gasteiger partial charge in [-0.2, -0.15) is 0 Å². The lowest BCUT2D eigenvalue weighted by Gasteiger charge is -2.32. The van der Waals surface area contributed by atoms with Crippen molar-refractivity contribution in [3.63, 3.8) is 0 Å². The van der Waals surface area contributed by atoms with Crippen molar-refractivity contribution in [3.8, 4) is 5.75 Å². The molecule has 9 heteroatoms.